The van der Waals surface area contributed by atoms with Crippen LogP contribution in [0.15, 0.2) is 0 Å². The Hall–Kier alpha value is -0.0800. The lowest BCUT2D eigenvalue weighted by Gasteiger charge is -2.45. The third-order valence-electron chi connectivity index (χ3n) is 2.47. The first kappa shape index (κ1) is 5.69. The first-order chi connectivity index (χ1) is 4.41. The van der Waals surface area contributed by atoms with Gasteiger partial charge in [0.15, 0.2) is 0 Å². The summed E-state index contributed by atoms with van der Waals surface area (Å²) in [6.45, 7) is 4.68. The van der Waals surface area contributed by atoms with Crippen LogP contribution in [0.5, 0.6) is 0 Å². The van der Waals surface area contributed by atoms with Gasteiger partial charge in [-0.15, -0.1) is 0 Å². The first-order valence-corrected chi connectivity index (χ1v) is 3.75. The van der Waals surface area contributed by atoms with Crippen molar-refractivity contribution in [2.45, 2.75) is 12.8 Å². The van der Waals surface area contributed by atoms with Gasteiger partial charge in [-0.25, -0.2) is 5.32 Å². The highest BCUT2D eigenvalue weighted by Crippen LogP contribution is 2.30. The van der Waals surface area contributed by atoms with Crippen molar-refractivity contribution >= 4 is 0 Å². The van der Waals surface area contributed by atoms with Crippen LogP contribution >= 0.6 is 0 Å². The number of hydrogen-bond acceptors (Lipinski definition) is 1. The van der Waals surface area contributed by atoms with E-state index in [2.05, 4.69) is 10.6 Å². The second kappa shape index (κ2) is 1.96. The monoisotopic (exact) mass is 125 g/mol. The van der Waals surface area contributed by atoms with E-state index >= 15 is 0 Å². The average Bonchev–Trinajstić information content (AvgIpc) is 1.87. The van der Waals surface area contributed by atoms with Crippen LogP contribution in [0, 0.1) is 5.41 Å². The molecule has 9 heavy (non-hydrogen) atoms. The lowest BCUT2D eigenvalue weighted by molar-refractivity contribution is 0.121. The Labute approximate surface area is 56.0 Å². The molecule has 0 aromatic heterocycles. The predicted octanol–water partition coefficient (Wildman–Crippen LogP) is -0.0258. The van der Waals surface area contributed by atoms with E-state index in [1.807, 2.05) is 0 Å². The van der Waals surface area contributed by atoms with Crippen LogP contribution in [0.2, 0.25) is 0 Å². The van der Waals surface area contributed by atoms with Crippen molar-refractivity contribution in [3.05, 3.63) is 0 Å². The molecule has 2 aliphatic heterocycles. The van der Waals surface area contributed by atoms with Crippen LogP contribution in [0.25, 0.3) is 0 Å². The fourth-order valence-corrected chi connectivity index (χ4v) is 1.73. The average molecular weight is 125 g/mol. The maximum atomic E-state index is 4.41. The summed E-state index contributed by atoms with van der Waals surface area (Å²) in [6, 6.07) is 0. The Balaban J connectivity index is 1.93. The lowest BCUT2D eigenvalue weighted by Crippen LogP contribution is -2.58. The molecule has 0 aliphatic carbocycles. The minimum atomic E-state index is 0.623. The van der Waals surface area contributed by atoms with Crippen molar-refractivity contribution in [3.63, 3.8) is 0 Å². The minimum Gasteiger partial charge on any atom is -0.315 e. The molecule has 0 atom stereocenters. The fraction of sp³-hybridized carbons (Fsp3) is 1.00. The molecule has 2 heterocycles. The summed E-state index contributed by atoms with van der Waals surface area (Å²) < 4.78 is 0. The number of piperidine rings is 1. The Morgan fingerprint density at radius 1 is 1.33 bits per heavy atom. The summed E-state index contributed by atoms with van der Waals surface area (Å²) in [7, 11) is 0. The van der Waals surface area contributed by atoms with Gasteiger partial charge in [0.05, 0.1) is 0 Å². The van der Waals surface area contributed by atoms with Gasteiger partial charge >= 0.3 is 0 Å². The van der Waals surface area contributed by atoms with Crippen LogP contribution in [-0.2, 0) is 0 Å². The third kappa shape index (κ3) is 0.864. The molecule has 0 saturated carbocycles. The molecular formula is C7H13N2. The van der Waals surface area contributed by atoms with Gasteiger partial charge in [0, 0.05) is 31.6 Å². The summed E-state index contributed by atoms with van der Waals surface area (Å²) >= 11 is 0. The Bertz CT molecular complexity index is 99.5. The molecular weight excluding hydrogens is 112 g/mol. The highest BCUT2D eigenvalue weighted by molar-refractivity contribution is 4.95. The molecule has 0 amide bonds. The zero-order valence-electron chi connectivity index (χ0n) is 5.69. The van der Waals surface area contributed by atoms with E-state index in [1.54, 1.807) is 0 Å². The third-order valence-corrected chi connectivity index (χ3v) is 2.47. The topological polar surface area (TPSA) is 26.1 Å². The van der Waals surface area contributed by atoms with E-state index < -0.39 is 0 Å². The largest absolute Gasteiger partial charge is 0.315 e. The van der Waals surface area contributed by atoms with E-state index in [4.69, 9.17) is 0 Å². The van der Waals surface area contributed by atoms with Crippen LogP contribution < -0.4 is 10.6 Å². The highest BCUT2D eigenvalue weighted by atomic mass is 15.0. The molecule has 51 valence electrons. The molecule has 0 aromatic rings. The van der Waals surface area contributed by atoms with Crippen molar-refractivity contribution in [3.8, 4) is 0 Å². The molecule has 2 saturated heterocycles. The summed E-state index contributed by atoms with van der Waals surface area (Å²) in [5.74, 6) is 0. The molecule has 0 aromatic carbocycles. The SMILES string of the molecule is C1C[N]CC2(C1)CNC2. The first-order valence-electron chi connectivity index (χ1n) is 3.75. The van der Waals surface area contributed by atoms with Gasteiger partial charge < -0.3 is 5.32 Å². The van der Waals surface area contributed by atoms with Gasteiger partial charge in [0.25, 0.3) is 0 Å². The molecule has 1 spiro atoms. The van der Waals surface area contributed by atoms with Gasteiger partial charge in [-0.3, -0.25) is 0 Å². The maximum Gasteiger partial charge on any atom is 0.0214 e. The molecule has 2 rings (SSSR count). The molecule has 2 fully saturated rings. The standard InChI is InChI=1S/C7H13N2/c1-2-7(4-8-3-1)5-9-6-7/h9H,1-6H2. The van der Waals surface area contributed by atoms with E-state index in [0.717, 1.165) is 13.1 Å². The molecule has 2 aliphatic rings. The zero-order valence-corrected chi connectivity index (χ0v) is 5.69. The van der Waals surface area contributed by atoms with Crippen LogP contribution in [0.3, 0.4) is 0 Å². The van der Waals surface area contributed by atoms with Crippen molar-refractivity contribution in [2.75, 3.05) is 26.2 Å². The van der Waals surface area contributed by atoms with Gasteiger partial charge in [0.1, 0.15) is 0 Å². The van der Waals surface area contributed by atoms with E-state index in [9.17, 15) is 0 Å². The second-order valence-corrected chi connectivity index (χ2v) is 3.31. The number of nitrogens with zero attached hydrogens (tertiary/aromatic N) is 1. The van der Waals surface area contributed by atoms with Crippen molar-refractivity contribution in [2.24, 2.45) is 5.41 Å². The Morgan fingerprint density at radius 3 is 2.56 bits per heavy atom. The van der Waals surface area contributed by atoms with Crippen molar-refractivity contribution < 1.29 is 0 Å². The van der Waals surface area contributed by atoms with Gasteiger partial charge in [-0.2, -0.15) is 0 Å². The molecule has 1 radical (unpaired) electrons. The number of nitrogens with one attached hydrogen (secondary N) is 1. The minimum absolute atomic E-state index is 0.623. The van der Waals surface area contributed by atoms with Crippen LogP contribution in [-0.4, -0.2) is 26.2 Å². The molecule has 2 heteroatoms. The summed E-state index contributed by atoms with van der Waals surface area (Å²) in [5, 5.41) is 7.72. The van der Waals surface area contributed by atoms with E-state index in [-0.39, 0.29) is 0 Å². The predicted molar refractivity (Wildman–Crippen MR) is 36.4 cm³/mol. The van der Waals surface area contributed by atoms with E-state index in [0.29, 0.717) is 5.41 Å². The van der Waals surface area contributed by atoms with Crippen molar-refractivity contribution in [1.82, 2.24) is 10.6 Å². The molecule has 2 nitrogen and oxygen atoms in total. The van der Waals surface area contributed by atoms with Crippen molar-refractivity contribution in [1.29, 1.82) is 0 Å². The smallest absolute Gasteiger partial charge is 0.0214 e. The van der Waals surface area contributed by atoms with Gasteiger partial charge in [0.2, 0.25) is 0 Å². The molecule has 0 bridgehead atoms. The van der Waals surface area contributed by atoms with E-state index in [1.165, 1.54) is 25.9 Å². The zero-order chi connectivity index (χ0) is 6.16. The molecule has 1 N–H and O–H groups in total. The van der Waals surface area contributed by atoms with Gasteiger partial charge in [-0.05, 0) is 12.8 Å². The number of rotatable bonds is 0. The summed E-state index contributed by atoms with van der Waals surface area (Å²) in [5.41, 5.74) is 0.623. The van der Waals surface area contributed by atoms with Crippen LogP contribution in [0.1, 0.15) is 12.8 Å². The molecule has 0 unspecified atom stereocenters. The Kier molecular flexibility index (Phi) is 1.24. The fourth-order valence-electron chi connectivity index (χ4n) is 1.73. The van der Waals surface area contributed by atoms with Crippen LogP contribution in [0.4, 0.5) is 0 Å². The normalized spacial score (nSPS) is 32.0. The number of hydrogen-bond donors (Lipinski definition) is 1. The van der Waals surface area contributed by atoms with Gasteiger partial charge in [-0.1, -0.05) is 0 Å². The second-order valence-electron chi connectivity index (χ2n) is 3.31. The quantitative estimate of drug-likeness (QED) is 0.483. The highest BCUT2D eigenvalue weighted by Gasteiger charge is 2.37. The maximum absolute atomic E-state index is 4.41. The summed E-state index contributed by atoms with van der Waals surface area (Å²) in [4.78, 5) is 0. The Morgan fingerprint density at radius 2 is 2.22 bits per heavy atom. The summed E-state index contributed by atoms with van der Waals surface area (Å²) in [6.07, 6.45) is 2.73. The lowest BCUT2D eigenvalue weighted by atomic mass is 9.76.